The highest BCUT2D eigenvalue weighted by atomic mass is 16.5. The molecule has 3 N–H and O–H groups in total. The zero-order valence-corrected chi connectivity index (χ0v) is 27.0. The van der Waals surface area contributed by atoms with E-state index in [4.69, 9.17) is 15.2 Å². The number of nitrogen functional groups attached to an aromatic ring is 1. The highest BCUT2D eigenvalue weighted by Gasteiger charge is 2.23. The number of nitrogens with two attached hydrogens (primary N) is 1. The Labute approximate surface area is 270 Å². The summed E-state index contributed by atoms with van der Waals surface area (Å²) in [6.45, 7) is 9.92. The number of hydrogen-bond donors (Lipinski definition) is 2. The Bertz CT molecular complexity index is 1370. The summed E-state index contributed by atoms with van der Waals surface area (Å²) < 4.78 is 11.7. The maximum absolute atomic E-state index is 6.44. The van der Waals surface area contributed by atoms with Crippen LogP contribution >= 0.6 is 0 Å². The SMILES string of the molecule is CCN(CCCNC1CCN(CC(c2ccccc2)c2ccccc2)CC1)Cc1cc(N)c(OCc2ccccc2)c(OC)c1. The minimum atomic E-state index is 0.408. The molecule has 0 bridgehead atoms. The number of nitrogens with zero attached hydrogens (tertiary/aromatic N) is 2. The lowest BCUT2D eigenvalue weighted by Gasteiger charge is -2.35. The molecule has 1 heterocycles. The van der Waals surface area contributed by atoms with Gasteiger partial charge in [-0.25, -0.2) is 0 Å². The van der Waals surface area contributed by atoms with E-state index in [9.17, 15) is 0 Å². The summed E-state index contributed by atoms with van der Waals surface area (Å²) in [5, 5.41) is 3.85. The van der Waals surface area contributed by atoms with E-state index >= 15 is 0 Å². The largest absolute Gasteiger partial charge is 0.493 e. The van der Waals surface area contributed by atoms with Gasteiger partial charge in [0.05, 0.1) is 12.8 Å². The topological polar surface area (TPSA) is 63.0 Å². The van der Waals surface area contributed by atoms with Crippen LogP contribution in [0.4, 0.5) is 5.69 Å². The van der Waals surface area contributed by atoms with E-state index in [0.717, 1.165) is 63.4 Å². The summed E-state index contributed by atoms with van der Waals surface area (Å²) in [5.41, 5.74) is 12.1. The van der Waals surface area contributed by atoms with Gasteiger partial charge in [0.1, 0.15) is 6.61 Å². The lowest BCUT2D eigenvalue weighted by atomic mass is 9.90. The summed E-state index contributed by atoms with van der Waals surface area (Å²) >= 11 is 0. The minimum Gasteiger partial charge on any atom is -0.493 e. The van der Waals surface area contributed by atoms with Gasteiger partial charge in [0.2, 0.25) is 0 Å². The molecule has 4 aromatic carbocycles. The molecule has 6 heteroatoms. The number of benzene rings is 4. The predicted octanol–water partition coefficient (Wildman–Crippen LogP) is 6.95. The van der Waals surface area contributed by atoms with E-state index in [0.29, 0.717) is 35.8 Å². The van der Waals surface area contributed by atoms with Crippen LogP contribution in [-0.2, 0) is 13.2 Å². The van der Waals surface area contributed by atoms with Crippen molar-refractivity contribution in [2.75, 3.05) is 52.1 Å². The molecule has 238 valence electrons. The summed E-state index contributed by atoms with van der Waals surface area (Å²) in [6, 6.07) is 36.7. The number of piperidine rings is 1. The quantitative estimate of drug-likeness (QED) is 0.106. The van der Waals surface area contributed by atoms with Gasteiger partial charge in [-0.05, 0) is 86.4 Å². The Morgan fingerprint density at radius 3 is 2.09 bits per heavy atom. The summed E-state index contributed by atoms with van der Waals surface area (Å²) in [4.78, 5) is 5.12. The van der Waals surface area contributed by atoms with Gasteiger partial charge < -0.3 is 25.4 Å². The summed E-state index contributed by atoms with van der Waals surface area (Å²) in [5.74, 6) is 1.70. The average Bonchev–Trinajstić information content (AvgIpc) is 3.09. The Morgan fingerprint density at radius 2 is 1.49 bits per heavy atom. The summed E-state index contributed by atoms with van der Waals surface area (Å²) in [7, 11) is 1.67. The highest BCUT2D eigenvalue weighted by molar-refractivity contribution is 5.62. The maximum Gasteiger partial charge on any atom is 0.184 e. The lowest BCUT2D eigenvalue weighted by Crippen LogP contribution is -2.44. The molecular formula is C39H50N4O2. The predicted molar refractivity (Wildman–Crippen MR) is 186 cm³/mol. The fourth-order valence-electron chi connectivity index (χ4n) is 6.38. The molecule has 0 amide bonds. The fraction of sp³-hybridized carbons (Fsp3) is 0.385. The Kier molecular flexibility index (Phi) is 12.3. The standard InChI is InChI=1S/C39H50N4O2/c1-3-42(28-32-26-37(40)39(38(27-32)44-2)45-30-31-14-7-4-8-15-31)23-13-22-41-35-20-24-43(25-21-35)29-36(33-16-9-5-10-17-33)34-18-11-6-12-19-34/h4-12,14-19,26-27,35-36,41H,3,13,20-25,28-30,40H2,1-2H3. The molecule has 0 spiro atoms. The van der Waals surface area contributed by atoms with Gasteiger partial charge in [0.15, 0.2) is 11.5 Å². The summed E-state index contributed by atoms with van der Waals surface area (Å²) in [6.07, 6.45) is 3.51. The molecule has 1 aliphatic heterocycles. The molecule has 4 aromatic rings. The lowest BCUT2D eigenvalue weighted by molar-refractivity contribution is 0.191. The van der Waals surface area contributed by atoms with Crippen molar-refractivity contribution in [1.82, 2.24) is 15.1 Å². The molecule has 45 heavy (non-hydrogen) atoms. The number of nitrogens with one attached hydrogen (secondary N) is 1. The molecule has 1 fully saturated rings. The van der Waals surface area contributed by atoms with E-state index in [1.165, 1.54) is 24.0 Å². The van der Waals surface area contributed by atoms with E-state index in [-0.39, 0.29) is 0 Å². The van der Waals surface area contributed by atoms with Gasteiger partial charge in [0, 0.05) is 25.0 Å². The third-order valence-electron chi connectivity index (χ3n) is 8.96. The molecule has 1 aliphatic rings. The number of anilines is 1. The van der Waals surface area contributed by atoms with Crippen LogP contribution in [0.15, 0.2) is 103 Å². The number of ether oxygens (including phenoxy) is 2. The average molecular weight is 607 g/mol. The Hall–Kier alpha value is -3.84. The monoisotopic (exact) mass is 606 g/mol. The second-order valence-electron chi connectivity index (χ2n) is 12.1. The first-order valence-corrected chi connectivity index (χ1v) is 16.5. The van der Waals surface area contributed by atoms with E-state index in [1.54, 1.807) is 7.11 Å². The van der Waals surface area contributed by atoms with E-state index in [2.05, 4.69) is 88.8 Å². The zero-order valence-electron chi connectivity index (χ0n) is 27.0. The van der Waals surface area contributed by atoms with Crippen molar-refractivity contribution in [3.8, 4) is 11.5 Å². The third kappa shape index (κ3) is 9.57. The van der Waals surface area contributed by atoms with Crippen LogP contribution in [0.5, 0.6) is 11.5 Å². The number of likely N-dealkylation sites (tertiary alicyclic amines) is 1. The van der Waals surface area contributed by atoms with Crippen LogP contribution in [0.25, 0.3) is 0 Å². The van der Waals surface area contributed by atoms with Crippen molar-refractivity contribution in [1.29, 1.82) is 0 Å². The second-order valence-corrected chi connectivity index (χ2v) is 12.1. The van der Waals surface area contributed by atoms with Gasteiger partial charge in [-0.2, -0.15) is 0 Å². The molecule has 0 radical (unpaired) electrons. The van der Waals surface area contributed by atoms with E-state index < -0.39 is 0 Å². The van der Waals surface area contributed by atoms with Crippen LogP contribution in [0.3, 0.4) is 0 Å². The van der Waals surface area contributed by atoms with Crippen molar-refractivity contribution in [3.05, 3.63) is 125 Å². The molecule has 0 aromatic heterocycles. The van der Waals surface area contributed by atoms with Crippen molar-refractivity contribution in [2.45, 2.75) is 51.3 Å². The van der Waals surface area contributed by atoms with Crippen LogP contribution in [0.2, 0.25) is 0 Å². The van der Waals surface area contributed by atoms with Gasteiger partial charge in [0.25, 0.3) is 0 Å². The molecule has 0 saturated carbocycles. The molecule has 0 atom stereocenters. The smallest absolute Gasteiger partial charge is 0.184 e. The van der Waals surface area contributed by atoms with Crippen molar-refractivity contribution >= 4 is 5.69 Å². The van der Waals surface area contributed by atoms with Gasteiger partial charge in [-0.1, -0.05) is 97.9 Å². The molecular weight excluding hydrogens is 556 g/mol. The van der Waals surface area contributed by atoms with Crippen molar-refractivity contribution in [2.24, 2.45) is 0 Å². The van der Waals surface area contributed by atoms with Crippen LogP contribution in [0, 0.1) is 0 Å². The van der Waals surface area contributed by atoms with Crippen molar-refractivity contribution < 1.29 is 9.47 Å². The fourth-order valence-corrected chi connectivity index (χ4v) is 6.38. The first kappa shape index (κ1) is 32.6. The molecule has 0 aliphatic carbocycles. The molecule has 1 saturated heterocycles. The number of methoxy groups -OCH3 is 1. The molecule has 5 rings (SSSR count). The second kappa shape index (κ2) is 17.0. The minimum absolute atomic E-state index is 0.408. The highest BCUT2D eigenvalue weighted by Crippen LogP contribution is 2.36. The number of rotatable bonds is 16. The first-order valence-electron chi connectivity index (χ1n) is 16.5. The zero-order chi connectivity index (χ0) is 31.3. The Morgan fingerprint density at radius 1 is 0.867 bits per heavy atom. The first-order chi connectivity index (χ1) is 22.1. The third-order valence-corrected chi connectivity index (χ3v) is 8.96. The van der Waals surface area contributed by atoms with Gasteiger partial charge in [-0.3, -0.25) is 4.90 Å². The van der Waals surface area contributed by atoms with Gasteiger partial charge in [-0.15, -0.1) is 0 Å². The van der Waals surface area contributed by atoms with Crippen LogP contribution in [0.1, 0.15) is 54.4 Å². The van der Waals surface area contributed by atoms with Gasteiger partial charge >= 0.3 is 0 Å². The van der Waals surface area contributed by atoms with Crippen molar-refractivity contribution in [3.63, 3.8) is 0 Å². The normalized spacial score (nSPS) is 14.2. The molecule has 0 unspecified atom stereocenters. The number of hydrogen-bond acceptors (Lipinski definition) is 6. The van der Waals surface area contributed by atoms with E-state index in [1.807, 2.05) is 36.4 Å². The van der Waals surface area contributed by atoms with Crippen LogP contribution < -0.4 is 20.5 Å². The molecule has 6 nitrogen and oxygen atoms in total. The maximum atomic E-state index is 6.44. The van der Waals surface area contributed by atoms with Crippen LogP contribution in [-0.4, -0.2) is 62.2 Å². The Balaban J connectivity index is 1.05.